The highest BCUT2D eigenvalue weighted by Gasteiger charge is 2.18. The van der Waals surface area contributed by atoms with Gasteiger partial charge in [0, 0.05) is 19.7 Å². The van der Waals surface area contributed by atoms with Gasteiger partial charge in [-0.3, -0.25) is 9.69 Å². The molecule has 0 spiro atoms. The Hall–Kier alpha value is -0.650. The third kappa shape index (κ3) is 5.47. The Morgan fingerprint density at radius 2 is 2.16 bits per heavy atom. The van der Waals surface area contributed by atoms with Crippen LogP contribution in [0.25, 0.3) is 0 Å². The van der Waals surface area contributed by atoms with Gasteiger partial charge in [0.1, 0.15) is 0 Å². The van der Waals surface area contributed by atoms with E-state index in [1.165, 1.54) is 12.8 Å². The number of rotatable bonds is 6. The third-order valence-electron chi connectivity index (χ3n) is 3.99. The minimum absolute atomic E-state index is 0.118. The van der Waals surface area contributed by atoms with E-state index in [0.717, 1.165) is 45.0 Å². The summed E-state index contributed by atoms with van der Waals surface area (Å²) in [5.74, 6) is 0.851. The molecule has 0 aromatic carbocycles. The summed E-state index contributed by atoms with van der Waals surface area (Å²) in [5, 5.41) is 6.34. The van der Waals surface area contributed by atoms with E-state index in [1.54, 1.807) is 0 Å². The van der Waals surface area contributed by atoms with Gasteiger partial charge in [-0.05, 0) is 51.7 Å². The molecule has 0 aromatic heterocycles. The molecule has 0 aromatic rings. The number of carbonyl (C=O) groups excluding carboxylic acids is 1. The van der Waals surface area contributed by atoms with Crippen molar-refractivity contribution in [3.63, 3.8) is 0 Å². The molecule has 2 heterocycles. The summed E-state index contributed by atoms with van der Waals surface area (Å²) >= 11 is 0. The van der Waals surface area contributed by atoms with Crippen LogP contribution in [0.3, 0.4) is 0 Å². The van der Waals surface area contributed by atoms with Crippen LogP contribution >= 0.6 is 0 Å². The number of likely N-dealkylation sites (N-methyl/N-ethyl adjacent to an activating group) is 1. The standard InChI is InChI=1S/C14H27N3O2/c1-17(10-12-4-6-15-7-5-12)11-14(18)16-9-13-3-2-8-19-13/h12-13,15H,2-11H2,1H3,(H,16,18). The fraction of sp³-hybridized carbons (Fsp3) is 0.929. The molecule has 2 aliphatic heterocycles. The summed E-state index contributed by atoms with van der Waals surface area (Å²) in [6, 6.07) is 0. The molecule has 19 heavy (non-hydrogen) atoms. The Balaban J connectivity index is 1.57. The van der Waals surface area contributed by atoms with Crippen molar-refractivity contribution < 1.29 is 9.53 Å². The second-order valence-electron chi connectivity index (χ2n) is 5.83. The van der Waals surface area contributed by atoms with Crippen LogP contribution in [-0.2, 0) is 9.53 Å². The summed E-state index contributed by atoms with van der Waals surface area (Å²) in [6.45, 7) is 5.26. The summed E-state index contributed by atoms with van der Waals surface area (Å²) in [5.41, 5.74) is 0. The number of carbonyl (C=O) groups is 1. The van der Waals surface area contributed by atoms with E-state index < -0.39 is 0 Å². The van der Waals surface area contributed by atoms with E-state index in [0.29, 0.717) is 13.1 Å². The monoisotopic (exact) mass is 269 g/mol. The smallest absolute Gasteiger partial charge is 0.234 e. The van der Waals surface area contributed by atoms with Crippen LogP contribution in [0.1, 0.15) is 25.7 Å². The van der Waals surface area contributed by atoms with Gasteiger partial charge in [-0.2, -0.15) is 0 Å². The molecule has 2 fully saturated rings. The average molecular weight is 269 g/mol. The largest absolute Gasteiger partial charge is 0.376 e. The summed E-state index contributed by atoms with van der Waals surface area (Å²) in [6.07, 6.45) is 4.88. The molecule has 5 nitrogen and oxygen atoms in total. The van der Waals surface area contributed by atoms with Crippen LogP contribution < -0.4 is 10.6 Å². The molecule has 2 rings (SSSR count). The number of nitrogens with zero attached hydrogens (tertiary/aromatic N) is 1. The number of piperidine rings is 1. The maximum absolute atomic E-state index is 11.8. The topological polar surface area (TPSA) is 53.6 Å². The molecule has 0 aliphatic carbocycles. The first-order chi connectivity index (χ1) is 9.24. The van der Waals surface area contributed by atoms with Crippen LogP contribution in [0.5, 0.6) is 0 Å². The van der Waals surface area contributed by atoms with Gasteiger partial charge in [0.2, 0.25) is 5.91 Å². The van der Waals surface area contributed by atoms with Gasteiger partial charge in [-0.25, -0.2) is 0 Å². The molecule has 0 saturated carbocycles. The second kappa shape index (κ2) is 7.82. The van der Waals surface area contributed by atoms with Gasteiger partial charge in [-0.15, -0.1) is 0 Å². The van der Waals surface area contributed by atoms with E-state index in [-0.39, 0.29) is 12.0 Å². The molecule has 0 bridgehead atoms. The SMILES string of the molecule is CN(CC(=O)NCC1CCCO1)CC1CCNCC1. The number of ether oxygens (including phenoxy) is 1. The van der Waals surface area contributed by atoms with Crippen molar-refractivity contribution in [1.29, 1.82) is 0 Å². The lowest BCUT2D eigenvalue weighted by Gasteiger charge is -2.27. The van der Waals surface area contributed by atoms with Crippen molar-refractivity contribution in [1.82, 2.24) is 15.5 Å². The minimum Gasteiger partial charge on any atom is -0.376 e. The highest BCUT2D eigenvalue weighted by Crippen LogP contribution is 2.12. The number of amides is 1. The summed E-state index contributed by atoms with van der Waals surface area (Å²) in [7, 11) is 2.04. The van der Waals surface area contributed by atoms with Gasteiger partial charge < -0.3 is 15.4 Å². The van der Waals surface area contributed by atoms with Crippen molar-refractivity contribution in [2.45, 2.75) is 31.8 Å². The second-order valence-corrected chi connectivity index (χ2v) is 5.83. The molecule has 1 unspecified atom stereocenters. The number of hydrogen-bond acceptors (Lipinski definition) is 4. The maximum Gasteiger partial charge on any atom is 0.234 e. The van der Waals surface area contributed by atoms with E-state index in [4.69, 9.17) is 4.74 Å². The van der Waals surface area contributed by atoms with Crippen molar-refractivity contribution in [2.75, 3.05) is 46.4 Å². The van der Waals surface area contributed by atoms with Crippen LogP contribution in [0.15, 0.2) is 0 Å². The fourth-order valence-electron chi connectivity index (χ4n) is 2.90. The Morgan fingerprint density at radius 1 is 1.37 bits per heavy atom. The average Bonchev–Trinajstić information content (AvgIpc) is 2.90. The van der Waals surface area contributed by atoms with Crippen molar-refractivity contribution in [2.24, 2.45) is 5.92 Å². The number of hydrogen-bond donors (Lipinski definition) is 2. The molecular weight excluding hydrogens is 242 g/mol. The summed E-state index contributed by atoms with van der Waals surface area (Å²) < 4.78 is 5.49. The lowest BCUT2D eigenvalue weighted by molar-refractivity contribution is -0.122. The zero-order chi connectivity index (χ0) is 13.5. The Kier molecular flexibility index (Phi) is 6.07. The molecular formula is C14H27N3O2. The van der Waals surface area contributed by atoms with E-state index >= 15 is 0 Å². The molecule has 2 N–H and O–H groups in total. The van der Waals surface area contributed by atoms with E-state index in [9.17, 15) is 4.79 Å². The molecule has 110 valence electrons. The van der Waals surface area contributed by atoms with Crippen LogP contribution in [0.4, 0.5) is 0 Å². The van der Waals surface area contributed by atoms with Gasteiger partial charge >= 0.3 is 0 Å². The summed E-state index contributed by atoms with van der Waals surface area (Å²) in [4.78, 5) is 14.0. The Labute approximate surface area is 116 Å². The third-order valence-corrected chi connectivity index (χ3v) is 3.99. The first-order valence-corrected chi connectivity index (χ1v) is 7.51. The predicted molar refractivity (Wildman–Crippen MR) is 75.1 cm³/mol. The van der Waals surface area contributed by atoms with Crippen LogP contribution in [0.2, 0.25) is 0 Å². The van der Waals surface area contributed by atoms with Gasteiger partial charge in [0.25, 0.3) is 0 Å². The van der Waals surface area contributed by atoms with Crippen LogP contribution in [-0.4, -0.2) is 63.3 Å². The highest BCUT2D eigenvalue weighted by atomic mass is 16.5. The molecule has 2 saturated heterocycles. The molecule has 5 heteroatoms. The molecule has 1 atom stereocenters. The predicted octanol–water partition coefficient (Wildman–Crippen LogP) is 0.213. The van der Waals surface area contributed by atoms with Crippen molar-refractivity contribution >= 4 is 5.91 Å². The Bertz CT molecular complexity index is 274. The van der Waals surface area contributed by atoms with Gasteiger partial charge in [-0.1, -0.05) is 0 Å². The lowest BCUT2D eigenvalue weighted by Crippen LogP contribution is -2.41. The zero-order valence-corrected chi connectivity index (χ0v) is 12.0. The van der Waals surface area contributed by atoms with E-state index in [1.807, 2.05) is 7.05 Å². The number of nitrogens with one attached hydrogen (secondary N) is 2. The van der Waals surface area contributed by atoms with E-state index in [2.05, 4.69) is 15.5 Å². The molecule has 0 radical (unpaired) electrons. The maximum atomic E-state index is 11.8. The van der Waals surface area contributed by atoms with Crippen molar-refractivity contribution in [3.8, 4) is 0 Å². The first kappa shape index (κ1) is 14.8. The Morgan fingerprint density at radius 3 is 2.84 bits per heavy atom. The zero-order valence-electron chi connectivity index (χ0n) is 12.0. The minimum atomic E-state index is 0.118. The fourth-order valence-corrected chi connectivity index (χ4v) is 2.90. The quantitative estimate of drug-likeness (QED) is 0.724. The molecule has 2 aliphatic rings. The van der Waals surface area contributed by atoms with Gasteiger partial charge in [0.15, 0.2) is 0 Å². The van der Waals surface area contributed by atoms with Crippen LogP contribution in [0, 0.1) is 5.92 Å². The highest BCUT2D eigenvalue weighted by molar-refractivity contribution is 5.77. The van der Waals surface area contributed by atoms with Crippen molar-refractivity contribution in [3.05, 3.63) is 0 Å². The lowest BCUT2D eigenvalue weighted by atomic mass is 9.98. The molecule has 1 amide bonds. The van der Waals surface area contributed by atoms with Gasteiger partial charge in [0.05, 0.1) is 12.6 Å². The normalized spacial score (nSPS) is 24.8. The first-order valence-electron chi connectivity index (χ1n) is 7.51.